The number of anilines is 1. The number of aryl methyl sites for hydroxylation is 2. The third-order valence-corrected chi connectivity index (χ3v) is 3.67. The van der Waals surface area contributed by atoms with E-state index in [-0.39, 0.29) is 0 Å². The highest BCUT2D eigenvalue weighted by Gasteiger charge is 2.09. The maximum atomic E-state index is 6.17. The second-order valence-electron chi connectivity index (χ2n) is 4.72. The summed E-state index contributed by atoms with van der Waals surface area (Å²) in [4.78, 5) is 0. The Hall–Kier alpha value is -1.76. The number of benzene rings is 2. The summed E-state index contributed by atoms with van der Waals surface area (Å²) < 4.78 is 0. The van der Waals surface area contributed by atoms with E-state index in [9.17, 15) is 0 Å². The standard InChI is InChI=1S/C16H19N/c1-10-8-9-14(13(4)12(10)3)15-7-5-6-11(2)16(15)17/h5-9H,17H2,1-4H3. The molecule has 2 aromatic rings. The molecule has 2 N–H and O–H groups in total. The van der Waals surface area contributed by atoms with Crippen LogP contribution >= 0.6 is 0 Å². The van der Waals surface area contributed by atoms with E-state index in [4.69, 9.17) is 5.73 Å². The molecule has 0 aliphatic carbocycles. The average Bonchev–Trinajstić information content (AvgIpc) is 2.31. The largest absolute Gasteiger partial charge is 0.398 e. The summed E-state index contributed by atoms with van der Waals surface area (Å²) in [5.74, 6) is 0. The molecule has 0 atom stereocenters. The molecule has 88 valence electrons. The maximum Gasteiger partial charge on any atom is 0.0423 e. The number of hydrogen-bond acceptors (Lipinski definition) is 1. The predicted octanol–water partition coefficient (Wildman–Crippen LogP) is 4.17. The summed E-state index contributed by atoms with van der Waals surface area (Å²) in [5.41, 5.74) is 14.6. The topological polar surface area (TPSA) is 26.0 Å². The van der Waals surface area contributed by atoms with Gasteiger partial charge in [-0.1, -0.05) is 30.3 Å². The van der Waals surface area contributed by atoms with Crippen molar-refractivity contribution in [3.8, 4) is 11.1 Å². The Morgan fingerprint density at radius 1 is 0.706 bits per heavy atom. The molecule has 17 heavy (non-hydrogen) atoms. The fraction of sp³-hybridized carbons (Fsp3) is 0.250. The Labute approximate surface area is 103 Å². The van der Waals surface area contributed by atoms with Crippen LogP contribution in [-0.4, -0.2) is 0 Å². The van der Waals surface area contributed by atoms with Gasteiger partial charge in [0.2, 0.25) is 0 Å². The first-order valence-corrected chi connectivity index (χ1v) is 5.94. The minimum atomic E-state index is 0.888. The molecule has 0 aliphatic rings. The highest BCUT2D eigenvalue weighted by Crippen LogP contribution is 2.32. The molecule has 2 rings (SSSR count). The van der Waals surface area contributed by atoms with Crippen LogP contribution in [0.1, 0.15) is 22.3 Å². The minimum Gasteiger partial charge on any atom is -0.398 e. The van der Waals surface area contributed by atoms with E-state index in [0.717, 1.165) is 16.8 Å². The van der Waals surface area contributed by atoms with Gasteiger partial charge in [0, 0.05) is 11.3 Å². The Morgan fingerprint density at radius 3 is 2.12 bits per heavy atom. The lowest BCUT2D eigenvalue weighted by Crippen LogP contribution is -1.96. The lowest BCUT2D eigenvalue weighted by molar-refractivity contribution is 1.27. The van der Waals surface area contributed by atoms with Gasteiger partial charge in [0.15, 0.2) is 0 Å². The van der Waals surface area contributed by atoms with E-state index in [0.29, 0.717) is 0 Å². The maximum absolute atomic E-state index is 6.17. The second-order valence-corrected chi connectivity index (χ2v) is 4.72. The zero-order chi connectivity index (χ0) is 12.6. The number of hydrogen-bond donors (Lipinski definition) is 1. The van der Waals surface area contributed by atoms with Crippen molar-refractivity contribution < 1.29 is 0 Å². The van der Waals surface area contributed by atoms with E-state index in [1.54, 1.807) is 0 Å². The molecular weight excluding hydrogens is 206 g/mol. The van der Waals surface area contributed by atoms with E-state index in [1.807, 2.05) is 0 Å². The predicted molar refractivity (Wildman–Crippen MR) is 75.2 cm³/mol. The zero-order valence-corrected chi connectivity index (χ0v) is 11.0. The SMILES string of the molecule is Cc1ccc(-c2cccc(C)c2N)c(C)c1C. The summed E-state index contributed by atoms with van der Waals surface area (Å²) in [6.45, 7) is 8.53. The van der Waals surface area contributed by atoms with Gasteiger partial charge in [-0.2, -0.15) is 0 Å². The smallest absolute Gasteiger partial charge is 0.0423 e. The molecule has 0 spiro atoms. The van der Waals surface area contributed by atoms with Gasteiger partial charge in [-0.3, -0.25) is 0 Å². The van der Waals surface area contributed by atoms with Crippen LogP contribution in [0.2, 0.25) is 0 Å². The van der Waals surface area contributed by atoms with Crippen LogP contribution in [-0.2, 0) is 0 Å². The van der Waals surface area contributed by atoms with Crippen LogP contribution in [0.15, 0.2) is 30.3 Å². The van der Waals surface area contributed by atoms with Crippen LogP contribution in [0.5, 0.6) is 0 Å². The van der Waals surface area contributed by atoms with Crippen molar-refractivity contribution in [2.24, 2.45) is 0 Å². The number of rotatable bonds is 1. The van der Waals surface area contributed by atoms with Crippen molar-refractivity contribution in [2.75, 3.05) is 5.73 Å². The summed E-state index contributed by atoms with van der Waals surface area (Å²) in [6, 6.07) is 10.5. The number of nitrogen functional groups attached to an aromatic ring is 1. The molecule has 0 aromatic heterocycles. The summed E-state index contributed by atoms with van der Waals surface area (Å²) in [5, 5.41) is 0. The van der Waals surface area contributed by atoms with Gasteiger partial charge in [-0.25, -0.2) is 0 Å². The minimum absolute atomic E-state index is 0.888. The first-order valence-electron chi connectivity index (χ1n) is 5.94. The monoisotopic (exact) mass is 225 g/mol. The van der Waals surface area contributed by atoms with Crippen LogP contribution in [0, 0.1) is 27.7 Å². The molecule has 0 unspecified atom stereocenters. The van der Waals surface area contributed by atoms with Crippen molar-refractivity contribution in [2.45, 2.75) is 27.7 Å². The molecule has 1 heteroatoms. The van der Waals surface area contributed by atoms with Gasteiger partial charge < -0.3 is 5.73 Å². The van der Waals surface area contributed by atoms with Gasteiger partial charge in [-0.15, -0.1) is 0 Å². The molecule has 0 fully saturated rings. The number of para-hydroxylation sites is 1. The second kappa shape index (κ2) is 4.25. The van der Waals surface area contributed by atoms with E-state index < -0.39 is 0 Å². The fourth-order valence-corrected chi connectivity index (χ4v) is 2.16. The summed E-state index contributed by atoms with van der Waals surface area (Å²) >= 11 is 0. The Balaban J connectivity index is 2.69. The Morgan fingerprint density at radius 2 is 1.41 bits per heavy atom. The molecular formula is C16H19N. The van der Waals surface area contributed by atoms with Crippen molar-refractivity contribution >= 4 is 5.69 Å². The van der Waals surface area contributed by atoms with Crippen molar-refractivity contribution in [1.82, 2.24) is 0 Å². The van der Waals surface area contributed by atoms with Crippen LogP contribution in [0.25, 0.3) is 11.1 Å². The van der Waals surface area contributed by atoms with Crippen LogP contribution in [0.4, 0.5) is 5.69 Å². The first-order chi connectivity index (χ1) is 8.02. The molecule has 0 saturated carbocycles. The molecule has 0 saturated heterocycles. The fourth-order valence-electron chi connectivity index (χ4n) is 2.16. The van der Waals surface area contributed by atoms with Crippen molar-refractivity contribution in [1.29, 1.82) is 0 Å². The molecule has 0 heterocycles. The van der Waals surface area contributed by atoms with Crippen molar-refractivity contribution in [3.05, 3.63) is 52.6 Å². The van der Waals surface area contributed by atoms with Gasteiger partial charge >= 0.3 is 0 Å². The third kappa shape index (κ3) is 1.93. The van der Waals surface area contributed by atoms with Gasteiger partial charge in [0.1, 0.15) is 0 Å². The van der Waals surface area contributed by atoms with E-state index in [1.165, 1.54) is 22.3 Å². The van der Waals surface area contributed by atoms with Crippen molar-refractivity contribution in [3.63, 3.8) is 0 Å². The lowest BCUT2D eigenvalue weighted by Gasteiger charge is -2.14. The summed E-state index contributed by atoms with van der Waals surface area (Å²) in [6.07, 6.45) is 0. The molecule has 1 nitrogen and oxygen atoms in total. The van der Waals surface area contributed by atoms with E-state index in [2.05, 4.69) is 58.0 Å². The number of nitrogens with two attached hydrogens (primary N) is 1. The van der Waals surface area contributed by atoms with Crippen LogP contribution < -0.4 is 5.73 Å². The molecule has 0 amide bonds. The summed E-state index contributed by atoms with van der Waals surface area (Å²) in [7, 11) is 0. The first kappa shape index (κ1) is 11.7. The van der Waals surface area contributed by atoms with Gasteiger partial charge in [-0.05, 0) is 55.5 Å². The average molecular weight is 225 g/mol. The zero-order valence-electron chi connectivity index (χ0n) is 11.0. The molecule has 0 bridgehead atoms. The quantitative estimate of drug-likeness (QED) is 0.724. The molecule has 0 aliphatic heterocycles. The Kier molecular flexibility index (Phi) is 2.93. The molecule has 2 aromatic carbocycles. The Bertz CT molecular complexity index is 568. The normalized spacial score (nSPS) is 10.6. The lowest BCUT2D eigenvalue weighted by atomic mass is 9.92. The van der Waals surface area contributed by atoms with Crippen LogP contribution in [0.3, 0.4) is 0 Å². The van der Waals surface area contributed by atoms with Gasteiger partial charge in [0.05, 0.1) is 0 Å². The van der Waals surface area contributed by atoms with E-state index >= 15 is 0 Å². The molecule has 0 radical (unpaired) electrons. The highest BCUT2D eigenvalue weighted by molar-refractivity contribution is 5.81. The third-order valence-electron chi connectivity index (χ3n) is 3.67. The van der Waals surface area contributed by atoms with Gasteiger partial charge in [0.25, 0.3) is 0 Å². The highest BCUT2D eigenvalue weighted by atomic mass is 14.6.